The van der Waals surface area contributed by atoms with E-state index in [1.54, 1.807) is 0 Å². The maximum Gasteiger partial charge on any atom is 0.185 e. The quantitative estimate of drug-likeness (QED) is 0.413. The van der Waals surface area contributed by atoms with Gasteiger partial charge in [-0.15, -0.1) is 0 Å². The van der Waals surface area contributed by atoms with Crippen LogP contribution in [0.15, 0.2) is 4.99 Å². The monoisotopic (exact) mass is 188 g/mol. The minimum atomic E-state index is -0.222. The zero-order valence-electron chi connectivity index (χ0n) is 8.58. The molecule has 0 amide bonds. The second-order valence-corrected chi connectivity index (χ2v) is 2.65. The third-order valence-electron chi connectivity index (χ3n) is 1.38. The third kappa shape index (κ3) is 13.8. The van der Waals surface area contributed by atoms with E-state index in [1.165, 1.54) is 14.0 Å². The Morgan fingerprint density at radius 1 is 1.46 bits per heavy atom. The third-order valence-corrected chi connectivity index (χ3v) is 1.38. The van der Waals surface area contributed by atoms with Gasteiger partial charge in [-0.05, 0) is 13.3 Å². The van der Waals surface area contributed by atoms with Crippen molar-refractivity contribution in [3.8, 4) is 0 Å². The van der Waals surface area contributed by atoms with Gasteiger partial charge in [0.1, 0.15) is 5.78 Å². The van der Waals surface area contributed by atoms with E-state index in [-0.39, 0.29) is 17.8 Å². The lowest BCUT2D eigenvalue weighted by Gasteiger charge is -2.02. The van der Waals surface area contributed by atoms with Crippen LogP contribution in [0.3, 0.4) is 0 Å². The van der Waals surface area contributed by atoms with E-state index >= 15 is 0 Å². The Labute approximate surface area is 79.4 Å². The fourth-order valence-corrected chi connectivity index (χ4v) is 0.514. The minimum absolute atomic E-state index is 0.0897. The van der Waals surface area contributed by atoms with Crippen molar-refractivity contribution in [1.82, 2.24) is 0 Å². The molecule has 0 rings (SSSR count). The molecule has 1 atom stereocenters. The van der Waals surface area contributed by atoms with Crippen molar-refractivity contribution in [2.75, 3.05) is 7.05 Å². The number of hydrogen-bond donors (Lipinski definition) is 3. The van der Waals surface area contributed by atoms with Crippen molar-refractivity contribution < 1.29 is 4.79 Å². The summed E-state index contributed by atoms with van der Waals surface area (Å²) < 4.78 is 0. The fraction of sp³-hybridized carbons (Fsp3) is 0.750. The summed E-state index contributed by atoms with van der Waals surface area (Å²) in [5, 5.41) is 0. The Kier molecular flexibility index (Phi) is 9.98. The maximum atomic E-state index is 10.4. The summed E-state index contributed by atoms with van der Waals surface area (Å²) >= 11 is 0. The van der Waals surface area contributed by atoms with Crippen molar-refractivity contribution in [2.45, 2.75) is 32.7 Å². The first-order valence-corrected chi connectivity index (χ1v) is 4.19. The predicted octanol–water partition coefficient (Wildman–Crippen LogP) is -0.408. The molecule has 0 aromatic rings. The smallest absolute Gasteiger partial charge is 0.185 e. The molecule has 0 radical (unpaired) electrons. The number of hydrogen-bond acceptors (Lipinski definition) is 3. The van der Waals surface area contributed by atoms with Gasteiger partial charge in [0.15, 0.2) is 5.96 Å². The minimum Gasteiger partial charge on any atom is -0.370 e. The van der Waals surface area contributed by atoms with Gasteiger partial charge in [0.2, 0.25) is 0 Å². The molecule has 78 valence electrons. The lowest BCUT2D eigenvalue weighted by Crippen LogP contribution is -2.27. The molecule has 0 saturated carbocycles. The number of Topliss-reactive ketones (excluding diaryl/α,β-unsaturated/α-hetero) is 1. The highest BCUT2D eigenvalue weighted by atomic mass is 16.1. The van der Waals surface area contributed by atoms with Crippen LogP contribution in [-0.2, 0) is 4.79 Å². The molecule has 5 heteroatoms. The van der Waals surface area contributed by atoms with E-state index in [0.29, 0.717) is 0 Å². The van der Waals surface area contributed by atoms with Gasteiger partial charge in [-0.25, -0.2) is 0 Å². The number of ketones is 1. The molecule has 0 aromatic carbocycles. The molecule has 0 aliphatic heterocycles. The van der Waals surface area contributed by atoms with Gasteiger partial charge in [-0.2, -0.15) is 0 Å². The van der Waals surface area contributed by atoms with Gasteiger partial charge in [-0.3, -0.25) is 9.79 Å². The highest BCUT2D eigenvalue weighted by molar-refractivity contribution is 5.80. The number of rotatable bonds is 3. The van der Waals surface area contributed by atoms with Gasteiger partial charge in [-0.1, -0.05) is 13.3 Å². The Hall–Kier alpha value is -1.10. The Bertz CT molecular complexity index is 164. The number of aliphatic imine (C=N–C) groups is 1. The van der Waals surface area contributed by atoms with Crippen LogP contribution in [0.1, 0.15) is 26.7 Å². The van der Waals surface area contributed by atoms with E-state index in [9.17, 15) is 4.79 Å². The molecule has 5 nitrogen and oxygen atoms in total. The zero-order valence-corrected chi connectivity index (χ0v) is 8.58. The molecule has 0 aromatic heterocycles. The SMILES string of the molecule is CCC[C@@H](N)C(C)=O.CN=C(N)N. The fourth-order valence-electron chi connectivity index (χ4n) is 0.514. The molecule has 0 unspecified atom stereocenters. The Morgan fingerprint density at radius 3 is 1.92 bits per heavy atom. The topological polar surface area (TPSA) is 107 Å². The second kappa shape index (κ2) is 8.99. The standard InChI is InChI=1S/C6H13NO.C2H7N3/c1-3-4-6(7)5(2)8;1-5-2(3)4/h6H,3-4,7H2,1-2H3;1H3,(H4,3,4,5)/t6-;/m1./s1. The molecule has 6 N–H and O–H groups in total. The Morgan fingerprint density at radius 2 is 1.85 bits per heavy atom. The van der Waals surface area contributed by atoms with Gasteiger partial charge >= 0.3 is 0 Å². The van der Waals surface area contributed by atoms with Gasteiger partial charge in [0.05, 0.1) is 6.04 Å². The number of nitrogens with two attached hydrogens (primary N) is 3. The van der Waals surface area contributed by atoms with Crippen LogP contribution >= 0.6 is 0 Å². The van der Waals surface area contributed by atoms with Crippen LogP contribution in [-0.4, -0.2) is 24.8 Å². The highest BCUT2D eigenvalue weighted by Gasteiger charge is 2.03. The normalized spacial score (nSPS) is 10.8. The number of carbonyl (C=O) groups excluding carboxylic acids is 1. The van der Waals surface area contributed by atoms with Crippen molar-refractivity contribution in [2.24, 2.45) is 22.2 Å². The lowest BCUT2D eigenvalue weighted by atomic mass is 10.1. The van der Waals surface area contributed by atoms with Crippen molar-refractivity contribution in [3.05, 3.63) is 0 Å². The molecule has 0 saturated heterocycles. The molecular weight excluding hydrogens is 168 g/mol. The van der Waals surface area contributed by atoms with Crippen LogP contribution < -0.4 is 17.2 Å². The summed E-state index contributed by atoms with van der Waals surface area (Å²) in [6.07, 6.45) is 1.80. The summed E-state index contributed by atoms with van der Waals surface area (Å²) in [6, 6.07) is -0.222. The predicted molar refractivity (Wildman–Crippen MR) is 55.3 cm³/mol. The van der Waals surface area contributed by atoms with Gasteiger partial charge < -0.3 is 17.2 Å². The largest absolute Gasteiger partial charge is 0.370 e. The first-order chi connectivity index (χ1) is 5.95. The summed E-state index contributed by atoms with van der Waals surface area (Å²) in [7, 11) is 1.54. The number of carbonyl (C=O) groups is 1. The Balaban J connectivity index is 0. The molecule has 0 aliphatic carbocycles. The molecule has 0 fully saturated rings. The van der Waals surface area contributed by atoms with E-state index in [4.69, 9.17) is 17.2 Å². The van der Waals surface area contributed by atoms with Crippen LogP contribution in [0, 0.1) is 0 Å². The van der Waals surface area contributed by atoms with E-state index in [1.807, 2.05) is 6.92 Å². The van der Waals surface area contributed by atoms with Crippen LogP contribution in [0.4, 0.5) is 0 Å². The molecule has 0 aliphatic rings. The molecule has 13 heavy (non-hydrogen) atoms. The molecular formula is C8H20N4O. The number of guanidine groups is 1. The van der Waals surface area contributed by atoms with E-state index in [2.05, 4.69) is 4.99 Å². The molecule has 0 bridgehead atoms. The molecule has 0 spiro atoms. The van der Waals surface area contributed by atoms with Gasteiger partial charge in [0, 0.05) is 7.05 Å². The summed E-state index contributed by atoms with van der Waals surface area (Å²) in [5.74, 6) is 0.219. The first-order valence-electron chi connectivity index (χ1n) is 4.19. The zero-order chi connectivity index (χ0) is 10.9. The molecule has 0 heterocycles. The van der Waals surface area contributed by atoms with Crippen LogP contribution in [0.5, 0.6) is 0 Å². The summed E-state index contributed by atoms with van der Waals surface area (Å²) in [4.78, 5) is 13.8. The second-order valence-electron chi connectivity index (χ2n) is 2.65. The van der Waals surface area contributed by atoms with Crippen molar-refractivity contribution >= 4 is 11.7 Å². The van der Waals surface area contributed by atoms with Crippen LogP contribution in [0.25, 0.3) is 0 Å². The van der Waals surface area contributed by atoms with Crippen molar-refractivity contribution in [3.63, 3.8) is 0 Å². The lowest BCUT2D eigenvalue weighted by molar-refractivity contribution is -0.118. The number of nitrogens with zero attached hydrogens (tertiary/aromatic N) is 1. The van der Waals surface area contributed by atoms with E-state index < -0.39 is 0 Å². The van der Waals surface area contributed by atoms with Gasteiger partial charge in [0.25, 0.3) is 0 Å². The first kappa shape index (κ1) is 14.4. The summed E-state index contributed by atoms with van der Waals surface area (Å²) in [6.45, 7) is 3.54. The van der Waals surface area contributed by atoms with E-state index in [0.717, 1.165) is 12.8 Å². The summed E-state index contributed by atoms with van der Waals surface area (Å²) in [5.41, 5.74) is 15.0. The maximum absolute atomic E-state index is 10.4. The van der Waals surface area contributed by atoms with Crippen molar-refractivity contribution in [1.29, 1.82) is 0 Å². The average Bonchev–Trinajstić information content (AvgIpc) is 2.06. The van der Waals surface area contributed by atoms with Crippen LogP contribution in [0.2, 0.25) is 0 Å². The highest BCUT2D eigenvalue weighted by Crippen LogP contribution is 1.92. The average molecular weight is 188 g/mol.